The fraction of sp³-hybridized carbons (Fsp3) is 0.333. The Kier molecular flexibility index (Phi) is 8.56. The summed E-state index contributed by atoms with van der Waals surface area (Å²) >= 11 is 1.65. The van der Waals surface area contributed by atoms with E-state index >= 15 is 0 Å². The Labute approximate surface area is 214 Å². The van der Waals surface area contributed by atoms with Crippen LogP contribution in [0.3, 0.4) is 0 Å². The van der Waals surface area contributed by atoms with E-state index in [-0.39, 0.29) is 24.4 Å². The Bertz CT molecular complexity index is 1130. The average Bonchev–Trinajstić information content (AvgIpc) is 3.43. The van der Waals surface area contributed by atoms with Crippen molar-refractivity contribution in [3.8, 4) is 5.75 Å². The number of halogens is 1. The number of anilines is 1. The van der Waals surface area contributed by atoms with Gasteiger partial charge in [-0.1, -0.05) is 18.2 Å². The predicted octanol–water partition coefficient (Wildman–Crippen LogP) is 3.58. The molecule has 0 aliphatic carbocycles. The van der Waals surface area contributed by atoms with Crippen molar-refractivity contribution in [2.75, 3.05) is 38.2 Å². The number of hydrogen-bond donors (Lipinski definition) is 2. The zero-order chi connectivity index (χ0) is 25.5. The van der Waals surface area contributed by atoms with E-state index in [2.05, 4.69) is 38.6 Å². The monoisotopic (exact) mass is 510 g/mol. The lowest BCUT2D eigenvalue weighted by Gasteiger charge is -2.42. The van der Waals surface area contributed by atoms with E-state index in [0.29, 0.717) is 0 Å². The quantitative estimate of drug-likeness (QED) is 0.453. The predicted molar refractivity (Wildman–Crippen MR) is 140 cm³/mol. The maximum absolute atomic E-state index is 13.1. The molecule has 2 amide bonds. The lowest BCUT2D eigenvalue weighted by Crippen LogP contribution is -2.53. The summed E-state index contributed by atoms with van der Waals surface area (Å²) in [6.45, 7) is 5.45. The van der Waals surface area contributed by atoms with E-state index in [1.54, 1.807) is 30.6 Å². The molecular formula is C27H31FN4O3S. The molecule has 0 radical (unpaired) electrons. The minimum absolute atomic E-state index is 0.0446. The summed E-state index contributed by atoms with van der Waals surface area (Å²) in [4.78, 5) is 30.9. The highest BCUT2D eigenvalue weighted by Crippen LogP contribution is 2.30. The van der Waals surface area contributed by atoms with Crippen LogP contribution in [0.2, 0.25) is 0 Å². The van der Waals surface area contributed by atoms with Crippen LogP contribution in [0.1, 0.15) is 23.4 Å². The molecule has 1 fully saturated rings. The highest BCUT2D eigenvalue weighted by Gasteiger charge is 2.32. The molecule has 1 aliphatic rings. The Morgan fingerprint density at radius 2 is 1.69 bits per heavy atom. The van der Waals surface area contributed by atoms with Gasteiger partial charge in [-0.05, 0) is 60.3 Å². The molecule has 0 spiro atoms. The zero-order valence-corrected chi connectivity index (χ0v) is 21.3. The fourth-order valence-electron chi connectivity index (χ4n) is 4.47. The number of rotatable bonds is 8. The smallest absolute Gasteiger partial charge is 0.309 e. The highest BCUT2D eigenvalue weighted by atomic mass is 32.1. The van der Waals surface area contributed by atoms with Crippen molar-refractivity contribution in [2.45, 2.75) is 25.6 Å². The third kappa shape index (κ3) is 6.41. The highest BCUT2D eigenvalue weighted by molar-refractivity contribution is 7.10. The normalized spacial score (nSPS) is 15.7. The number of nitrogens with zero attached hydrogens (tertiary/aromatic N) is 2. The molecule has 9 heteroatoms. The molecule has 2 N–H and O–H groups in total. The molecule has 0 unspecified atom stereocenters. The van der Waals surface area contributed by atoms with Crippen molar-refractivity contribution >= 4 is 28.8 Å². The molecule has 2 aromatic carbocycles. The summed E-state index contributed by atoms with van der Waals surface area (Å²) in [6, 6.07) is 17.6. The molecule has 7 nitrogen and oxygen atoms in total. The van der Waals surface area contributed by atoms with Crippen LogP contribution in [-0.2, 0) is 16.1 Å². The first kappa shape index (κ1) is 25.7. The molecule has 0 saturated carbocycles. The number of methoxy groups -OCH3 is 1. The number of hydrogen-bond acceptors (Lipinski definition) is 6. The maximum Gasteiger partial charge on any atom is 0.309 e. The van der Waals surface area contributed by atoms with Gasteiger partial charge in [0.25, 0.3) is 0 Å². The number of piperazine rings is 1. The summed E-state index contributed by atoms with van der Waals surface area (Å²) in [6.07, 6.45) is 0. The van der Waals surface area contributed by atoms with Crippen LogP contribution in [0, 0.1) is 5.82 Å². The van der Waals surface area contributed by atoms with Crippen LogP contribution >= 0.6 is 11.3 Å². The number of benzene rings is 2. The Balaban J connectivity index is 1.35. The fourth-order valence-corrected chi connectivity index (χ4v) is 5.43. The van der Waals surface area contributed by atoms with E-state index in [4.69, 9.17) is 4.74 Å². The van der Waals surface area contributed by atoms with E-state index < -0.39 is 11.8 Å². The topological polar surface area (TPSA) is 73.9 Å². The minimum atomic E-state index is -0.708. The van der Waals surface area contributed by atoms with E-state index in [1.165, 1.54) is 12.1 Å². The first-order valence-electron chi connectivity index (χ1n) is 11.9. The molecule has 2 heterocycles. The SMILES string of the molecule is COc1ccc(N2CCN([C@@H](c3cccs3)[C@H](C)NC(=O)C(=O)NCc3ccc(F)cc3)CC2)cc1. The number of amides is 2. The van der Waals surface area contributed by atoms with Gasteiger partial charge in [-0.15, -0.1) is 11.3 Å². The summed E-state index contributed by atoms with van der Waals surface area (Å²) < 4.78 is 18.3. The maximum atomic E-state index is 13.1. The Hall–Kier alpha value is -3.43. The minimum Gasteiger partial charge on any atom is -0.497 e. The molecule has 190 valence electrons. The molecule has 1 aromatic heterocycles. The summed E-state index contributed by atoms with van der Waals surface area (Å²) in [5.41, 5.74) is 1.87. The third-order valence-electron chi connectivity index (χ3n) is 6.38. The number of nitrogens with one attached hydrogen (secondary N) is 2. The van der Waals surface area contributed by atoms with Gasteiger partial charge in [-0.3, -0.25) is 14.5 Å². The largest absolute Gasteiger partial charge is 0.497 e. The first-order chi connectivity index (χ1) is 17.4. The van der Waals surface area contributed by atoms with Crippen LogP contribution < -0.4 is 20.3 Å². The third-order valence-corrected chi connectivity index (χ3v) is 7.33. The number of carbonyl (C=O) groups excluding carboxylic acids is 2. The number of thiophene rings is 1. The van der Waals surface area contributed by atoms with E-state index in [1.807, 2.05) is 30.5 Å². The van der Waals surface area contributed by atoms with E-state index in [0.717, 1.165) is 48.1 Å². The van der Waals surface area contributed by atoms with Gasteiger partial charge in [0.2, 0.25) is 0 Å². The molecule has 36 heavy (non-hydrogen) atoms. The van der Waals surface area contributed by atoms with Gasteiger partial charge in [0.1, 0.15) is 11.6 Å². The second kappa shape index (κ2) is 12.0. The molecule has 2 atom stereocenters. The van der Waals surface area contributed by atoms with Crippen LogP contribution in [-0.4, -0.2) is 56.0 Å². The van der Waals surface area contributed by atoms with Gasteiger partial charge in [0.15, 0.2) is 0 Å². The van der Waals surface area contributed by atoms with Gasteiger partial charge in [-0.2, -0.15) is 0 Å². The van der Waals surface area contributed by atoms with Crippen molar-refractivity contribution in [3.05, 3.63) is 82.3 Å². The average molecular weight is 511 g/mol. The lowest BCUT2D eigenvalue weighted by atomic mass is 10.0. The van der Waals surface area contributed by atoms with E-state index in [9.17, 15) is 14.0 Å². The zero-order valence-electron chi connectivity index (χ0n) is 20.4. The van der Waals surface area contributed by atoms with Crippen molar-refractivity contribution in [1.82, 2.24) is 15.5 Å². The molecular weight excluding hydrogens is 479 g/mol. The summed E-state index contributed by atoms with van der Waals surface area (Å²) in [5.74, 6) is -0.897. The molecule has 0 bridgehead atoms. The van der Waals surface area contributed by atoms with Crippen LogP contribution in [0.5, 0.6) is 5.75 Å². The van der Waals surface area contributed by atoms with Crippen molar-refractivity contribution in [2.24, 2.45) is 0 Å². The first-order valence-corrected chi connectivity index (χ1v) is 12.8. The van der Waals surface area contributed by atoms with Crippen molar-refractivity contribution < 1.29 is 18.7 Å². The van der Waals surface area contributed by atoms with Crippen molar-refractivity contribution in [3.63, 3.8) is 0 Å². The van der Waals surface area contributed by atoms with Gasteiger partial charge in [-0.25, -0.2) is 4.39 Å². The standard InChI is InChI=1S/C27H31FN4O3S/c1-19(30-27(34)26(33)29-18-20-5-7-21(28)8-6-20)25(24-4-3-17-36-24)32-15-13-31(14-16-32)22-9-11-23(35-2)12-10-22/h3-12,17,19,25H,13-16,18H2,1-2H3,(H,29,33)(H,30,34)/t19-,25+/m0/s1. The van der Waals surface area contributed by atoms with Crippen molar-refractivity contribution in [1.29, 1.82) is 0 Å². The summed E-state index contributed by atoms with van der Waals surface area (Å²) in [5, 5.41) is 7.53. The molecule has 1 saturated heterocycles. The van der Waals surface area contributed by atoms with Gasteiger partial charge in [0.05, 0.1) is 13.2 Å². The molecule has 1 aliphatic heterocycles. The van der Waals surface area contributed by atoms with Gasteiger partial charge >= 0.3 is 11.8 Å². The van der Waals surface area contributed by atoms with Gasteiger partial charge in [0, 0.05) is 49.3 Å². The summed E-state index contributed by atoms with van der Waals surface area (Å²) in [7, 11) is 1.66. The molecule has 4 rings (SSSR count). The molecule has 3 aromatic rings. The van der Waals surface area contributed by atoms with Crippen LogP contribution in [0.4, 0.5) is 10.1 Å². The van der Waals surface area contributed by atoms with Crippen LogP contribution in [0.25, 0.3) is 0 Å². The number of ether oxygens (including phenoxy) is 1. The Morgan fingerprint density at radius 1 is 1.00 bits per heavy atom. The van der Waals surface area contributed by atoms with Crippen LogP contribution in [0.15, 0.2) is 66.0 Å². The second-order valence-electron chi connectivity index (χ2n) is 8.75. The van der Waals surface area contributed by atoms with Gasteiger partial charge < -0.3 is 20.3 Å². The second-order valence-corrected chi connectivity index (χ2v) is 9.73. The Morgan fingerprint density at radius 3 is 2.31 bits per heavy atom. The lowest BCUT2D eigenvalue weighted by molar-refractivity contribution is -0.140. The number of carbonyl (C=O) groups is 2.